The highest BCUT2D eigenvalue weighted by molar-refractivity contribution is 6.00. The number of carbonyl (C=O) groups is 2. The zero-order valence-corrected chi connectivity index (χ0v) is 11.4. The van der Waals surface area contributed by atoms with Gasteiger partial charge in [0.25, 0.3) is 5.91 Å². The van der Waals surface area contributed by atoms with E-state index >= 15 is 0 Å². The average molecular weight is 281 g/mol. The first-order chi connectivity index (χ1) is 10.1. The van der Waals surface area contributed by atoms with Gasteiger partial charge in [-0.2, -0.15) is 5.26 Å². The van der Waals surface area contributed by atoms with Crippen molar-refractivity contribution >= 4 is 22.6 Å². The van der Waals surface area contributed by atoms with Gasteiger partial charge in [-0.25, -0.2) is 0 Å². The van der Waals surface area contributed by atoms with Gasteiger partial charge >= 0.3 is 0 Å². The van der Waals surface area contributed by atoms with Crippen LogP contribution in [0.15, 0.2) is 42.5 Å². The van der Waals surface area contributed by atoms with Crippen LogP contribution in [0.5, 0.6) is 0 Å². The number of nitriles is 1. The number of nitrogens with one attached hydrogen (secondary N) is 1. The Morgan fingerprint density at radius 1 is 1.19 bits per heavy atom. The van der Waals surface area contributed by atoms with Crippen molar-refractivity contribution in [3.63, 3.8) is 0 Å². The highest BCUT2D eigenvalue weighted by Gasteiger charge is 2.18. The second kappa shape index (κ2) is 6.53. The van der Waals surface area contributed by atoms with Crippen LogP contribution < -0.4 is 11.1 Å². The van der Waals surface area contributed by atoms with E-state index in [2.05, 4.69) is 5.32 Å². The van der Waals surface area contributed by atoms with Gasteiger partial charge in [0, 0.05) is 12.0 Å². The second-order valence-corrected chi connectivity index (χ2v) is 4.69. The fraction of sp³-hybridized carbons (Fsp3) is 0.188. The van der Waals surface area contributed by atoms with Gasteiger partial charge in [0.05, 0.1) is 6.07 Å². The van der Waals surface area contributed by atoms with Crippen molar-refractivity contribution in [1.82, 2.24) is 5.32 Å². The molecule has 5 heteroatoms. The summed E-state index contributed by atoms with van der Waals surface area (Å²) in [6.45, 7) is 0. The molecular weight excluding hydrogens is 266 g/mol. The maximum absolute atomic E-state index is 12.2. The minimum Gasteiger partial charge on any atom is -0.368 e. The molecule has 0 aliphatic carbocycles. The van der Waals surface area contributed by atoms with Crippen molar-refractivity contribution in [1.29, 1.82) is 5.26 Å². The third-order valence-electron chi connectivity index (χ3n) is 3.21. The van der Waals surface area contributed by atoms with Crippen molar-refractivity contribution < 1.29 is 9.59 Å². The largest absolute Gasteiger partial charge is 0.368 e. The van der Waals surface area contributed by atoms with E-state index in [1.165, 1.54) is 0 Å². The molecule has 0 radical (unpaired) electrons. The lowest BCUT2D eigenvalue weighted by molar-refractivity contribution is -0.119. The van der Waals surface area contributed by atoms with Crippen molar-refractivity contribution in [2.75, 3.05) is 0 Å². The van der Waals surface area contributed by atoms with Crippen LogP contribution in [-0.4, -0.2) is 17.9 Å². The Labute approximate surface area is 122 Å². The van der Waals surface area contributed by atoms with Gasteiger partial charge < -0.3 is 11.1 Å². The Hall–Kier alpha value is -2.87. The average Bonchev–Trinajstić information content (AvgIpc) is 2.50. The second-order valence-electron chi connectivity index (χ2n) is 4.69. The highest BCUT2D eigenvalue weighted by Crippen LogP contribution is 2.15. The zero-order valence-electron chi connectivity index (χ0n) is 11.4. The molecule has 0 saturated heterocycles. The number of carbonyl (C=O) groups excluding carboxylic acids is 2. The molecule has 0 aliphatic heterocycles. The van der Waals surface area contributed by atoms with Gasteiger partial charge in [0.15, 0.2) is 0 Å². The van der Waals surface area contributed by atoms with Crippen LogP contribution >= 0.6 is 0 Å². The summed E-state index contributed by atoms with van der Waals surface area (Å²) in [5.74, 6) is -1.01. The van der Waals surface area contributed by atoms with Crippen LogP contribution in [0.2, 0.25) is 0 Å². The molecule has 0 aliphatic rings. The molecule has 0 heterocycles. The summed E-state index contributed by atoms with van der Waals surface area (Å²) in [5, 5.41) is 13.1. The smallest absolute Gasteiger partial charge is 0.251 e. The monoisotopic (exact) mass is 281 g/mol. The number of amides is 2. The molecule has 2 rings (SSSR count). The molecule has 5 nitrogen and oxygen atoms in total. The molecule has 0 bridgehead atoms. The maximum atomic E-state index is 12.2. The molecule has 2 aromatic rings. The normalized spacial score (nSPS) is 11.6. The van der Waals surface area contributed by atoms with Crippen LogP contribution in [0.4, 0.5) is 0 Å². The van der Waals surface area contributed by atoms with E-state index in [1.54, 1.807) is 12.1 Å². The quantitative estimate of drug-likeness (QED) is 0.873. The summed E-state index contributed by atoms with van der Waals surface area (Å²) in [7, 11) is 0. The lowest BCUT2D eigenvalue weighted by Gasteiger charge is -2.14. The predicted octanol–water partition coefficient (Wildman–Crippen LogP) is 1.73. The Morgan fingerprint density at radius 3 is 2.57 bits per heavy atom. The van der Waals surface area contributed by atoms with Crippen molar-refractivity contribution in [2.45, 2.75) is 18.9 Å². The maximum Gasteiger partial charge on any atom is 0.251 e. The van der Waals surface area contributed by atoms with E-state index < -0.39 is 11.9 Å². The van der Waals surface area contributed by atoms with E-state index in [-0.39, 0.29) is 18.7 Å². The molecule has 1 atom stereocenters. The highest BCUT2D eigenvalue weighted by atomic mass is 16.2. The third-order valence-corrected chi connectivity index (χ3v) is 3.21. The van der Waals surface area contributed by atoms with E-state index in [0.29, 0.717) is 5.56 Å². The first-order valence-electron chi connectivity index (χ1n) is 6.58. The molecule has 0 aromatic heterocycles. The van der Waals surface area contributed by atoms with Crippen molar-refractivity contribution in [2.24, 2.45) is 5.73 Å². The van der Waals surface area contributed by atoms with Gasteiger partial charge in [-0.05, 0) is 29.3 Å². The Morgan fingerprint density at radius 2 is 1.90 bits per heavy atom. The van der Waals surface area contributed by atoms with Crippen LogP contribution in [0.1, 0.15) is 23.2 Å². The molecular formula is C16H15N3O2. The van der Waals surface area contributed by atoms with Crippen LogP contribution in [-0.2, 0) is 4.79 Å². The molecule has 3 N–H and O–H groups in total. The molecule has 0 unspecified atom stereocenters. The summed E-state index contributed by atoms with van der Waals surface area (Å²) in [5.41, 5.74) is 5.69. The summed E-state index contributed by atoms with van der Waals surface area (Å²) >= 11 is 0. The first kappa shape index (κ1) is 14.5. The molecule has 2 aromatic carbocycles. The number of rotatable bonds is 5. The van der Waals surface area contributed by atoms with Gasteiger partial charge in [-0.15, -0.1) is 0 Å². The molecule has 0 fully saturated rings. The van der Waals surface area contributed by atoms with Crippen LogP contribution in [0, 0.1) is 11.3 Å². The summed E-state index contributed by atoms with van der Waals surface area (Å²) in [4.78, 5) is 23.4. The third kappa shape index (κ3) is 3.57. The summed E-state index contributed by atoms with van der Waals surface area (Å²) < 4.78 is 0. The van der Waals surface area contributed by atoms with Crippen molar-refractivity contribution in [3.05, 3.63) is 48.0 Å². The predicted molar refractivity (Wildman–Crippen MR) is 79.2 cm³/mol. The number of nitrogens with two attached hydrogens (primary N) is 1. The van der Waals surface area contributed by atoms with Gasteiger partial charge in [-0.3, -0.25) is 9.59 Å². The summed E-state index contributed by atoms with van der Waals surface area (Å²) in [6, 6.07) is 14.1. The molecule has 106 valence electrons. The standard InChI is InChI=1S/C16H15N3O2/c17-9-3-6-14(15(18)20)19-16(21)13-8-7-11-4-1-2-5-12(11)10-13/h1-2,4-5,7-8,10,14H,3,6H2,(H2,18,20)(H,19,21)/t14-/m0/s1. The molecule has 2 amide bonds. The number of primary amides is 1. The van der Waals surface area contributed by atoms with Crippen molar-refractivity contribution in [3.8, 4) is 6.07 Å². The number of hydrogen-bond acceptors (Lipinski definition) is 3. The molecule has 0 saturated carbocycles. The SMILES string of the molecule is N#CCC[C@H](NC(=O)c1ccc2ccccc2c1)C(N)=O. The topological polar surface area (TPSA) is 96.0 Å². The van der Waals surface area contributed by atoms with E-state index in [1.807, 2.05) is 36.4 Å². The number of fused-ring (bicyclic) bond motifs is 1. The van der Waals surface area contributed by atoms with Gasteiger partial charge in [-0.1, -0.05) is 30.3 Å². The number of nitrogens with zero attached hydrogens (tertiary/aromatic N) is 1. The van der Waals surface area contributed by atoms with E-state index in [9.17, 15) is 9.59 Å². The lowest BCUT2D eigenvalue weighted by atomic mass is 10.1. The van der Waals surface area contributed by atoms with E-state index in [0.717, 1.165) is 10.8 Å². The minimum atomic E-state index is -0.830. The fourth-order valence-electron chi connectivity index (χ4n) is 2.07. The van der Waals surface area contributed by atoms with Crippen LogP contribution in [0.3, 0.4) is 0 Å². The molecule has 21 heavy (non-hydrogen) atoms. The Balaban J connectivity index is 2.17. The summed E-state index contributed by atoms with van der Waals surface area (Å²) in [6.07, 6.45) is 0.372. The number of benzene rings is 2. The number of hydrogen-bond donors (Lipinski definition) is 2. The Kier molecular flexibility index (Phi) is 4.52. The zero-order chi connectivity index (χ0) is 15.2. The fourth-order valence-corrected chi connectivity index (χ4v) is 2.07. The lowest BCUT2D eigenvalue weighted by Crippen LogP contribution is -2.44. The van der Waals surface area contributed by atoms with Gasteiger partial charge in [0.2, 0.25) is 5.91 Å². The van der Waals surface area contributed by atoms with Crippen LogP contribution in [0.25, 0.3) is 10.8 Å². The molecule has 0 spiro atoms. The van der Waals surface area contributed by atoms with E-state index in [4.69, 9.17) is 11.0 Å². The van der Waals surface area contributed by atoms with Gasteiger partial charge in [0.1, 0.15) is 6.04 Å². The Bertz CT molecular complexity index is 719. The minimum absolute atomic E-state index is 0.158. The first-order valence-corrected chi connectivity index (χ1v) is 6.58.